The zero-order valence-corrected chi connectivity index (χ0v) is 10.9. The van der Waals surface area contributed by atoms with Crippen molar-refractivity contribution in [3.8, 4) is 0 Å². The number of methoxy groups -OCH3 is 1. The summed E-state index contributed by atoms with van der Waals surface area (Å²) >= 11 is 0. The molecule has 4 nitrogen and oxygen atoms in total. The van der Waals surface area contributed by atoms with Crippen molar-refractivity contribution < 1.29 is 9.53 Å². The number of hydrogen-bond donors (Lipinski definition) is 1. The molecule has 0 unspecified atom stereocenters. The second-order valence-electron chi connectivity index (χ2n) is 3.93. The smallest absolute Gasteiger partial charge is 0.221 e. The van der Waals surface area contributed by atoms with Crippen LogP contribution in [0.15, 0.2) is 0 Å². The molecule has 0 bridgehead atoms. The third-order valence-electron chi connectivity index (χ3n) is 2.36. The van der Waals surface area contributed by atoms with Gasteiger partial charge in [-0.1, -0.05) is 13.8 Å². The van der Waals surface area contributed by atoms with Crippen LogP contribution in [-0.4, -0.2) is 50.7 Å². The predicted molar refractivity (Wildman–Crippen MR) is 66.5 cm³/mol. The van der Waals surface area contributed by atoms with Crippen molar-refractivity contribution in [3.63, 3.8) is 0 Å². The Morgan fingerprint density at radius 2 is 1.81 bits per heavy atom. The Morgan fingerprint density at radius 3 is 2.31 bits per heavy atom. The van der Waals surface area contributed by atoms with Crippen LogP contribution in [0.2, 0.25) is 0 Å². The van der Waals surface area contributed by atoms with E-state index in [1.165, 1.54) is 0 Å². The van der Waals surface area contributed by atoms with Crippen LogP contribution in [0.3, 0.4) is 0 Å². The van der Waals surface area contributed by atoms with Crippen molar-refractivity contribution in [2.24, 2.45) is 0 Å². The van der Waals surface area contributed by atoms with Crippen molar-refractivity contribution in [2.75, 3.05) is 39.9 Å². The molecule has 0 spiro atoms. The molecule has 1 amide bonds. The van der Waals surface area contributed by atoms with Crippen LogP contribution < -0.4 is 5.32 Å². The number of nitrogens with one attached hydrogen (secondary N) is 1. The maximum atomic E-state index is 11.4. The highest BCUT2D eigenvalue weighted by Gasteiger charge is 2.06. The summed E-state index contributed by atoms with van der Waals surface area (Å²) in [6.45, 7) is 8.55. The highest BCUT2D eigenvalue weighted by atomic mass is 16.5. The van der Waals surface area contributed by atoms with Crippen LogP contribution in [0.25, 0.3) is 0 Å². The fourth-order valence-electron chi connectivity index (χ4n) is 1.61. The lowest BCUT2D eigenvalue weighted by molar-refractivity contribution is -0.121. The lowest BCUT2D eigenvalue weighted by Gasteiger charge is -2.20. The highest BCUT2D eigenvalue weighted by Crippen LogP contribution is 1.96. The maximum Gasteiger partial charge on any atom is 0.221 e. The van der Waals surface area contributed by atoms with E-state index in [1.807, 2.05) is 0 Å². The van der Waals surface area contributed by atoms with Gasteiger partial charge in [0.05, 0.1) is 6.61 Å². The molecular formula is C12H26N2O2. The number of amides is 1. The first-order valence-corrected chi connectivity index (χ1v) is 6.22. The summed E-state index contributed by atoms with van der Waals surface area (Å²) < 4.78 is 4.87. The third kappa shape index (κ3) is 8.68. The first kappa shape index (κ1) is 15.4. The highest BCUT2D eigenvalue weighted by molar-refractivity contribution is 5.76. The fourth-order valence-corrected chi connectivity index (χ4v) is 1.61. The molecule has 0 aromatic carbocycles. The van der Waals surface area contributed by atoms with Gasteiger partial charge in [0.2, 0.25) is 5.91 Å². The SMILES string of the molecule is CCCN(CCC)CCC(=O)NCCOC. The van der Waals surface area contributed by atoms with E-state index in [0.717, 1.165) is 32.5 Å². The first-order chi connectivity index (χ1) is 7.74. The molecular weight excluding hydrogens is 204 g/mol. The molecule has 96 valence electrons. The van der Waals surface area contributed by atoms with Gasteiger partial charge >= 0.3 is 0 Å². The molecule has 0 radical (unpaired) electrons. The van der Waals surface area contributed by atoms with E-state index < -0.39 is 0 Å². The third-order valence-corrected chi connectivity index (χ3v) is 2.36. The van der Waals surface area contributed by atoms with Gasteiger partial charge in [0.15, 0.2) is 0 Å². The summed E-state index contributed by atoms with van der Waals surface area (Å²) in [5.74, 6) is 0.120. The Hall–Kier alpha value is -0.610. The average molecular weight is 230 g/mol. The number of hydrogen-bond acceptors (Lipinski definition) is 3. The van der Waals surface area contributed by atoms with E-state index in [0.29, 0.717) is 19.6 Å². The Kier molecular flexibility index (Phi) is 10.5. The van der Waals surface area contributed by atoms with Crippen molar-refractivity contribution in [1.29, 1.82) is 0 Å². The quantitative estimate of drug-likeness (QED) is 0.575. The molecule has 4 heteroatoms. The van der Waals surface area contributed by atoms with Gasteiger partial charge in [-0.05, 0) is 25.9 Å². The van der Waals surface area contributed by atoms with E-state index in [9.17, 15) is 4.79 Å². The minimum atomic E-state index is 0.120. The fraction of sp³-hybridized carbons (Fsp3) is 0.917. The second-order valence-corrected chi connectivity index (χ2v) is 3.93. The van der Waals surface area contributed by atoms with Crippen LogP contribution >= 0.6 is 0 Å². The minimum absolute atomic E-state index is 0.120. The zero-order chi connectivity index (χ0) is 12.2. The number of ether oxygens (including phenoxy) is 1. The normalized spacial score (nSPS) is 10.8. The van der Waals surface area contributed by atoms with Gasteiger partial charge in [0, 0.05) is 26.6 Å². The van der Waals surface area contributed by atoms with Crippen molar-refractivity contribution in [3.05, 3.63) is 0 Å². The number of rotatable bonds is 10. The van der Waals surface area contributed by atoms with Gasteiger partial charge in [-0.15, -0.1) is 0 Å². The molecule has 0 saturated carbocycles. The van der Waals surface area contributed by atoms with Gasteiger partial charge in [0.1, 0.15) is 0 Å². The van der Waals surface area contributed by atoms with E-state index in [4.69, 9.17) is 4.74 Å². The molecule has 0 rings (SSSR count). The zero-order valence-electron chi connectivity index (χ0n) is 10.9. The van der Waals surface area contributed by atoms with Gasteiger partial charge < -0.3 is 15.0 Å². The summed E-state index contributed by atoms with van der Waals surface area (Å²) in [6, 6.07) is 0. The summed E-state index contributed by atoms with van der Waals surface area (Å²) in [5.41, 5.74) is 0. The molecule has 0 aliphatic rings. The number of carbonyl (C=O) groups excluding carboxylic acids is 1. The molecule has 0 atom stereocenters. The van der Waals surface area contributed by atoms with Crippen molar-refractivity contribution >= 4 is 5.91 Å². The molecule has 0 heterocycles. The van der Waals surface area contributed by atoms with E-state index in [1.54, 1.807) is 7.11 Å². The van der Waals surface area contributed by atoms with Gasteiger partial charge in [-0.25, -0.2) is 0 Å². The molecule has 0 aliphatic carbocycles. The Balaban J connectivity index is 3.60. The Bertz CT molecular complexity index is 168. The number of carbonyl (C=O) groups is 1. The predicted octanol–water partition coefficient (Wildman–Crippen LogP) is 1.26. The van der Waals surface area contributed by atoms with E-state index in [-0.39, 0.29) is 5.91 Å². The molecule has 16 heavy (non-hydrogen) atoms. The van der Waals surface area contributed by atoms with E-state index >= 15 is 0 Å². The monoisotopic (exact) mass is 230 g/mol. The molecule has 0 aromatic rings. The van der Waals surface area contributed by atoms with Crippen LogP contribution in [-0.2, 0) is 9.53 Å². The lowest BCUT2D eigenvalue weighted by Crippen LogP contribution is -2.33. The van der Waals surface area contributed by atoms with Gasteiger partial charge in [0.25, 0.3) is 0 Å². The van der Waals surface area contributed by atoms with Crippen molar-refractivity contribution in [1.82, 2.24) is 10.2 Å². The van der Waals surface area contributed by atoms with E-state index in [2.05, 4.69) is 24.1 Å². The van der Waals surface area contributed by atoms with Crippen LogP contribution in [0.4, 0.5) is 0 Å². The summed E-state index contributed by atoms with van der Waals surface area (Å²) in [6.07, 6.45) is 2.88. The molecule has 0 fully saturated rings. The Labute approximate surface area is 99.3 Å². The van der Waals surface area contributed by atoms with Crippen LogP contribution in [0, 0.1) is 0 Å². The average Bonchev–Trinajstić information content (AvgIpc) is 2.27. The second kappa shape index (κ2) is 10.9. The Morgan fingerprint density at radius 1 is 1.19 bits per heavy atom. The van der Waals surface area contributed by atoms with Crippen molar-refractivity contribution in [2.45, 2.75) is 33.1 Å². The number of nitrogens with zero attached hydrogens (tertiary/aromatic N) is 1. The van der Waals surface area contributed by atoms with Crippen LogP contribution in [0.5, 0.6) is 0 Å². The summed E-state index contributed by atoms with van der Waals surface area (Å²) in [5, 5.41) is 2.83. The summed E-state index contributed by atoms with van der Waals surface area (Å²) in [7, 11) is 1.64. The molecule has 1 N–H and O–H groups in total. The van der Waals surface area contributed by atoms with Gasteiger partial charge in [-0.2, -0.15) is 0 Å². The first-order valence-electron chi connectivity index (χ1n) is 6.22. The molecule has 0 aromatic heterocycles. The minimum Gasteiger partial charge on any atom is -0.383 e. The summed E-state index contributed by atoms with van der Waals surface area (Å²) in [4.78, 5) is 13.8. The molecule has 0 aliphatic heterocycles. The maximum absolute atomic E-state index is 11.4. The topological polar surface area (TPSA) is 41.6 Å². The molecule has 0 saturated heterocycles. The standard InChI is InChI=1S/C12H26N2O2/c1-4-8-14(9-5-2)10-6-12(15)13-7-11-16-3/h4-11H2,1-3H3,(H,13,15). The lowest BCUT2D eigenvalue weighted by atomic mass is 10.3. The van der Waals surface area contributed by atoms with Crippen LogP contribution in [0.1, 0.15) is 33.1 Å². The van der Waals surface area contributed by atoms with Gasteiger partial charge in [-0.3, -0.25) is 4.79 Å². The largest absolute Gasteiger partial charge is 0.383 e.